The number of ether oxygens (including phenoxy) is 1. The number of alkyl halides is 3. The van der Waals surface area contributed by atoms with Gasteiger partial charge >= 0.3 is 6.18 Å². The number of halogens is 4. The topological polar surface area (TPSA) is 110 Å². The van der Waals surface area contributed by atoms with Gasteiger partial charge in [-0.3, -0.25) is 24.7 Å². The molecule has 3 fully saturated rings. The van der Waals surface area contributed by atoms with Crippen LogP contribution < -0.4 is 20.7 Å². The average Bonchev–Trinajstić information content (AvgIpc) is 2.85. The van der Waals surface area contributed by atoms with E-state index in [1.165, 1.54) is 11.1 Å². The number of carbonyl (C=O) groups is 3. The number of hydrogen-bond donors (Lipinski definition) is 2. The summed E-state index contributed by atoms with van der Waals surface area (Å²) in [5.41, 5.74) is 5.23. The van der Waals surface area contributed by atoms with E-state index in [0.29, 0.717) is 42.6 Å². The van der Waals surface area contributed by atoms with Crippen LogP contribution in [0.3, 0.4) is 0 Å². The molecule has 4 atom stereocenters. The first-order valence-corrected chi connectivity index (χ1v) is 12.8. The number of aromatic nitrogens is 1. The maximum absolute atomic E-state index is 13.5. The average molecular weight is 560 g/mol. The van der Waals surface area contributed by atoms with Gasteiger partial charge in [-0.1, -0.05) is 11.6 Å². The van der Waals surface area contributed by atoms with Gasteiger partial charge < -0.3 is 19.4 Å². The van der Waals surface area contributed by atoms with Crippen LogP contribution in [0.4, 0.5) is 24.7 Å². The van der Waals surface area contributed by atoms with Crippen molar-refractivity contribution in [2.45, 2.75) is 37.1 Å². The van der Waals surface area contributed by atoms with E-state index in [1.54, 1.807) is 22.9 Å². The molecule has 38 heavy (non-hydrogen) atoms. The van der Waals surface area contributed by atoms with Gasteiger partial charge in [-0.25, -0.2) is 10.4 Å². The Balaban J connectivity index is 1.11. The molecule has 0 aromatic carbocycles. The molecular weight excluding hydrogens is 531 g/mol. The summed E-state index contributed by atoms with van der Waals surface area (Å²) in [6, 6.07) is -0.122. The highest BCUT2D eigenvalue weighted by Crippen LogP contribution is 2.37. The van der Waals surface area contributed by atoms with Gasteiger partial charge in [-0.15, -0.1) is 0 Å². The fourth-order valence-corrected chi connectivity index (χ4v) is 5.76. The molecule has 0 saturated carbocycles. The van der Waals surface area contributed by atoms with Crippen molar-refractivity contribution in [2.75, 3.05) is 62.8 Å². The molecule has 2 N–H and O–H groups in total. The Bertz CT molecular complexity index is 1110. The SMILES string of the molecule is CN1C(=O)[C@H]2CN(C(=O)CCOC[C@@H]3CCN3C3CNNC(=O)C3C(F)(F)F)CCN2c2ncc(Cl)cc21. The van der Waals surface area contributed by atoms with Gasteiger partial charge in [0, 0.05) is 51.5 Å². The molecule has 1 aromatic heterocycles. The maximum atomic E-state index is 13.5. The van der Waals surface area contributed by atoms with E-state index >= 15 is 0 Å². The number of fused-ring (bicyclic) bond motifs is 3. The van der Waals surface area contributed by atoms with Gasteiger partial charge in [0.05, 0.1) is 36.9 Å². The van der Waals surface area contributed by atoms with Crippen LogP contribution in [-0.4, -0.2) is 110 Å². The monoisotopic (exact) mass is 559 g/mol. The Hall–Kier alpha value is -2.68. The van der Waals surface area contributed by atoms with Crippen LogP contribution in [0.15, 0.2) is 12.3 Å². The number of amides is 3. The van der Waals surface area contributed by atoms with Crippen molar-refractivity contribution in [3.8, 4) is 0 Å². The molecule has 3 amide bonds. The lowest BCUT2D eigenvalue weighted by atomic mass is 9.89. The van der Waals surface area contributed by atoms with Gasteiger partial charge in [-0.2, -0.15) is 13.2 Å². The molecule has 208 valence electrons. The molecule has 15 heteroatoms. The Labute approximate surface area is 222 Å². The second-order valence-electron chi connectivity index (χ2n) is 9.90. The van der Waals surface area contributed by atoms with E-state index in [1.807, 2.05) is 4.90 Å². The predicted molar refractivity (Wildman–Crippen MR) is 130 cm³/mol. The summed E-state index contributed by atoms with van der Waals surface area (Å²) in [4.78, 5) is 48.8. The number of piperazine rings is 1. The lowest BCUT2D eigenvalue weighted by molar-refractivity contribution is -0.208. The highest BCUT2D eigenvalue weighted by atomic mass is 35.5. The van der Waals surface area contributed by atoms with Gasteiger partial charge in [0.15, 0.2) is 11.7 Å². The van der Waals surface area contributed by atoms with E-state index in [-0.39, 0.29) is 50.6 Å². The third-order valence-corrected chi connectivity index (χ3v) is 7.93. The fourth-order valence-electron chi connectivity index (χ4n) is 5.61. The van der Waals surface area contributed by atoms with Crippen molar-refractivity contribution in [3.05, 3.63) is 17.3 Å². The molecule has 0 bridgehead atoms. The van der Waals surface area contributed by atoms with Crippen molar-refractivity contribution in [2.24, 2.45) is 5.92 Å². The number of carbonyl (C=O) groups excluding carboxylic acids is 3. The lowest BCUT2D eigenvalue weighted by Crippen LogP contribution is -2.69. The lowest BCUT2D eigenvalue weighted by Gasteiger charge is -2.49. The zero-order valence-electron chi connectivity index (χ0n) is 20.7. The molecule has 5 heterocycles. The van der Waals surface area contributed by atoms with Crippen LogP contribution in [0, 0.1) is 5.92 Å². The number of hydrogen-bond acceptors (Lipinski definition) is 8. The summed E-state index contributed by atoms with van der Waals surface area (Å²) in [7, 11) is 1.65. The molecule has 5 rings (SSSR count). The number of nitrogens with zero attached hydrogens (tertiary/aromatic N) is 5. The molecule has 2 unspecified atom stereocenters. The Morgan fingerprint density at radius 2 is 2.05 bits per heavy atom. The molecule has 0 aliphatic carbocycles. The van der Waals surface area contributed by atoms with E-state index in [9.17, 15) is 27.6 Å². The number of nitrogens with one attached hydrogen (secondary N) is 2. The minimum atomic E-state index is -4.64. The number of hydrazine groups is 1. The second kappa shape index (κ2) is 10.5. The molecule has 3 saturated heterocycles. The summed E-state index contributed by atoms with van der Waals surface area (Å²) >= 11 is 6.05. The first-order valence-electron chi connectivity index (χ1n) is 12.5. The molecule has 11 nitrogen and oxygen atoms in total. The van der Waals surface area contributed by atoms with Crippen molar-refractivity contribution in [1.29, 1.82) is 0 Å². The minimum absolute atomic E-state index is 0.0149. The molecule has 4 aliphatic rings. The van der Waals surface area contributed by atoms with Crippen LogP contribution in [0.25, 0.3) is 0 Å². The standard InChI is InChI=1S/C23H29ClF3N7O4/c1-31-15-8-13(24)9-28-20(15)34-6-5-32(11-17(34)22(31)37)18(35)3-7-38-12-14-2-4-33(14)16-10-29-30-21(36)19(16)23(25,26)27/h8-9,14,16-17,19,29H,2-7,10-12H2,1H3,(H,30,36)/t14-,16?,17+,19?/m0/s1. The van der Waals surface area contributed by atoms with Crippen LogP contribution in [-0.2, 0) is 19.1 Å². The van der Waals surface area contributed by atoms with Gasteiger partial charge in [-0.05, 0) is 12.5 Å². The van der Waals surface area contributed by atoms with E-state index in [2.05, 4.69) is 15.8 Å². The highest BCUT2D eigenvalue weighted by Gasteiger charge is 2.55. The zero-order chi connectivity index (χ0) is 27.2. The summed E-state index contributed by atoms with van der Waals surface area (Å²) in [5, 5.41) is 0.432. The van der Waals surface area contributed by atoms with Gasteiger partial charge in [0.2, 0.25) is 11.8 Å². The summed E-state index contributed by atoms with van der Waals surface area (Å²) in [5.74, 6) is -2.85. The predicted octanol–water partition coefficient (Wildman–Crippen LogP) is 0.391. The van der Waals surface area contributed by atoms with Crippen molar-refractivity contribution >= 4 is 40.8 Å². The van der Waals surface area contributed by atoms with Gasteiger partial charge in [0.1, 0.15) is 6.04 Å². The molecule has 4 aliphatic heterocycles. The number of anilines is 2. The first kappa shape index (κ1) is 26.9. The fraction of sp³-hybridized carbons (Fsp3) is 0.652. The summed E-state index contributed by atoms with van der Waals surface area (Å²) in [6.45, 7) is 1.78. The number of likely N-dealkylation sites (N-methyl/N-ethyl adjacent to an activating group) is 1. The van der Waals surface area contributed by atoms with Crippen LogP contribution in [0.1, 0.15) is 12.8 Å². The Morgan fingerprint density at radius 1 is 1.26 bits per heavy atom. The van der Waals surface area contributed by atoms with E-state index < -0.39 is 30.1 Å². The third kappa shape index (κ3) is 5.01. The minimum Gasteiger partial charge on any atom is -0.379 e. The molecule has 0 spiro atoms. The zero-order valence-corrected chi connectivity index (χ0v) is 21.5. The number of rotatable bonds is 6. The van der Waals surface area contributed by atoms with E-state index in [0.717, 1.165) is 0 Å². The summed E-state index contributed by atoms with van der Waals surface area (Å²) < 4.78 is 46.1. The van der Waals surface area contributed by atoms with Gasteiger partial charge in [0.25, 0.3) is 5.91 Å². The molecular formula is C23H29ClF3N7O4. The second-order valence-corrected chi connectivity index (χ2v) is 10.3. The van der Waals surface area contributed by atoms with Crippen LogP contribution in [0.5, 0.6) is 0 Å². The normalized spacial score (nSPS) is 28.0. The van der Waals surface area contributed by atoms with Crippen LogP contribution >= 0.6 is 11.6 Å². The number of pyridine rings is 1. The third-order valence-electron chi connectivity index (χ3n) is 7.72. The van der Waals surface area contributed by atoms with Crippen molar-refractivity contribution < 1.29 is 32.3 Å². The first-order chi connectivity index (χ1) is 18.1. The Morgan fingerprint density at radius 3 is 2.76 bits per heavy atom. The maximum Gasteiger partial charge on any atom is 0.402 e. The number of likely N-dealkylation sites (tertiary alicyclic amines) is 1. The highest BCUT2D eigenvalue weighted by molar-refractivity contribution is 6.31. The molecule has 0 radical (unpaired) electrons. The van der Waals surface area contributed by atoms with Crippen molar-refractivity contribution in [3.63, 3.8) is 0 Å². The van der Waals surface area contributed by atoms with Crippen molar-refractivity contribution in [1.82, 2.24) is 25.6 Å². The molecule has 1 aromatic rings. The summed E-state index contributed by atoms with van der Waals surface area (Å²) in [6.07, 6.45) is -2.38. The smallest absolute Gasteiger partial charge is 0.379 e. The largest absolute Gasteiger partial charge is 0.402 e. The van der Waals surface area contributed by atoms with E-state index in [4.69, 9.17) is 16.3 Å². The van der Waals surface area contributed by atoms with Crippen LogP contribution in [0.2, 0.25) is 5.02 Å². The quantitative estimate of drug-likeness (QED) is 0.482. The Kier molecular flexibility index (Phi) is 7.42.